The number of hydrogen-bond donors (Lipinski definition) is 0. The second kappa shape index (κ2) is 8.71. The van der Waals surface area contributed by atoms with Crippen LogP contribution < -0.4 is 0 Å². The fourth-order valence-electron chi connectivity index (χ4n) is 3.79. The Morgan fingerprint density at radius 3 is 2.52 bits per heavy atom. The Bertz CT molecular complexity index is 804. The monoisotopic (exact) mass is 413 g/mol. The van der Waals surface area contributed by atoms with Gasteiger partial charge < -0.3 is 4.90 Å². The first kappa shape index (κ1) is 21.9. The van der Waals surface area contributed by atoms with Crippen molar-refractivity contribution in [1.29, 1.82) is 0 Å². The van der Waals surface area contributed by atoms with Crippen LogP contribution in [0.1, 0.15) is 32.0 Å². The number of carbonyl (C=O) groups excluding carboxylic acids is 1. The molecule has 6 nitrogen and oxygen atoms in total. The van der Waals surface area contributed by atoms with E-state index in [1.165, 1.54) is 5.56 Å². The summed E-state index contributed by atoms with van der Waals surface area (Å²) in [7, 11) is -3.14. The van der Waals surface area contributed by atoms with Gasteiger partial charge in [0.2, 0.25) is 5.91 Å². The van der Waals surface area contributed by atoms with Gasteiger partial charge in [0, 0.05) is 37.9 Å². The summed E-state index contributed by atoms with van der Waals surface area (Å²) in [6, 6.07) is 3.65. The summed E-state index contributed by atoms with van der Waals surface area (Å²) in [5.74, 6) is 0.0874. The molecule has 0 aliphatic carbocycles. The van der Waals surface area contributed by atoms with Crippen molar-refractivity contribution in [2.45, 2.75) is 45.8 Å². The number of nitrogens with zero attached hydrogens (tertiary/aromatic N) is 3. The molecule has 0 spiro atoms. The Morgan fingerprint density at radius 1 is 1.22 bits per heavy atom. The Kier molecular flexibility index (Phi) is 7.05. The van der Waals surface area contributed by atoms with E-state index in [0.29, 0.717) is 19.6 Å². The van der Waals surface area contributed by atoms with Crippen molar-refractivity contribution in [2.75, 3.05) is 24.6 Å². The summed E-state index contributed by atoms with van der Waals surface area (Å²) < 4.78 is 24.5. The number of rotatable bonds is 4. The normalized spacial score (nSPS) is 24.0. The number of allylic oxidation sites excluding steroid dienone is 1. The van der Waals surface area contributed by atoms with Crippen LogP contribution in [0.5, 0.6) is 0 Å². The lowest BCUT2D eigenvalue weighted by atomic mass is 10.0. The maximum absolute atomic E-state index is 12.5. The van der Waals surface area contributed by atoms with E-state index in [-0.39, 0.29) is 41.9 Å². The third kappa shape index (κ3) is 5.09. The van der Waals surface area contributed by atoms with Crippen molar-refractivity contribution < 1.29 is 13.2 Å². The van der Waals surface area contributed by atoms with Crippen LogP contribution in [0.25, 0.3) is 0 Å². The summed E-state index contributed by atoms with van der Waals surface area (Å²) in [6.45, 7) is 7.67. The van der Waals surface area contributed by atoms with E-state index in [2.05, 4.69) is 22.9 Å². The van der Waals surface area contributed by atoms with Crippen LogP contribution in [-0.2, 0) is 27.6 Å². The van der Waals surface area contributed by atoms with Gasteiger partial charge in [-0.15, -0.1) is 12.4 Å². The van der Waals surface area contributed by atoms with Gasteiger partial charge in [0.1, 0.15) is 0 Å². The van der Waals surface area contributed by atoms with Crippen LogP contribution in [0.3, 0.4) is 0 Å². The second-order valence-corrected chi connectivity index (χ2v) is 9.60. The van der Waals surface area contributed by atoms with Crippen molar-refractivity contribution >= 4 is 28.2 Å². The van der Waals surface area contributed by atoms with Crippen molar-refractivity contribution in [2.24, 2.45) is 0 Å². The molecule has 1 amide bonds. The number of pyridine rings is 1. The number of aromatic nitrogens is 1. The number of aryl methyl sites for hydroxylation is 1. The first-order valence-corrected chi connectivity index (χ1v) is 10.9. The van der Waals surface area contributed by atoms with Crippen LogP contribution >= 0.6 is 12.4 Å². The Morgan fingerprint density at radius 2 is 1.93 bits per heavy atom. The Hall–Kier alpha value is -1.44. The highest BCUT2D eigenvalue weighted by atomic mass is 35.5. The molecule has 0 radical (unpaired) electrons. The van der Waals surface area contributed by atoms with Gasteiger partial charge in [-0.1, -0.05) is 18.6 Å². The van der Waals surface area contributed by atoms with Gasteiger partial charge in [-0.2, -0.15) is 0 Å². The Labute approximate surface area is 168 Å². The third-order valence-electron chi connectivity index (χ3n) is 5.15. The highest BCUT2D eigenvalue weighted by Gasteiger charge is 2.47. The summed E-state index contributed by atoms with van der Waals surface area (Å²) in [4.78, 5) is 20.9. The van der Waals surface area contributed by atoms with Crippen LogP contribution in [0.4, 0.5) is 0 Å². The van der Waals surface area contributed by atoms with E-state index in [4.69, 9.17) is 0 Å². The molecule has 1 aromatic heterocycles. The molecule has 3 heterocycles. The number of sulfone groups is 1. The zero-order valence-corrected chi connectivity index (χ0v) is 17.7. The summed E-state index contributed by atoms with van der Waals surface area (Å²) in [6.07, 6.45) is 4.43. The molecule has 1 aromatic rings. The molecule has 3 rings (SSSR count). The smallest absolute Gasteiger partial charge is 0.246 e. The number of hydrogen-bond acceptors (Lipinski definition) is 5. The van der Waals surface area contributed by atoms with Gasteiger partial charge in [0.15, 0.2) is 9.84 Å². The van der Waals surface area contributed by atoms with Gasteiger partial charge in [-0.3, -0.25) is 14.7 Å². The fraction of sp³-hybridized carbons (Fsp3) is 0.579. The summed E-state index contributed by atoms with van der Waals surface area (Å²) >= 11 is 0. The zero-order valence-electron chi connectivity index (χ0n) is 16.1. The average molecular weight is 414 g/mol. The van der Waals surface area contributed by atoms with Crippen molar-refractivity contribution in [3.05, 3.63) is 41.2 Å². The van der Waals surface area contributed by atoms with Gasteiger partial charge in [-0.05, 0) is 31.9 Å². The quantitative estimate of drug-likeness (QED) is 0.704. The standard InChI is InChI=1S/C19H27N3O3S.ClH/c1-4-15-5-6-16(20-10-15)11-21-7-8-22(19(23)9-14(2)3)18-13-26(24,25)12-17(18)21;/h5-6,9-10,17-18H,4,7-8,11-13H2,1-3H3;1H/t17-,18+;/m1./s1. The minimum absolute atomic E-state index is 0. The van der Waals surface area contributed by atoms with Gasteiger partial charge in [0.05, 0.1) is 23.2 Å². The molecule has 27 heavy (non-hydrogen) atoms. The number of piperazine rings is 1. The van der Waals surface area contributed by atoms with E-state index in [9.17, 15) is 13.2 Å². The van der Waals surface area contributed by atoms with E-state index in [1.807, 2.05) is 26.1 Å². The molecule has 0 bridgehead atoms. The molecule has 2 atom stereocenters. The van der Waals surface area contributed by atoms with Crippen molar-refractivity contribution in [1.82, 2.24) is 14.8 Å². The van der Waals surface area contributed by atoms with E-state index in [1.54, 1.807) is 11.0 Å². The molecule has 8 heteroatoms. The molecular formula is C19H28ClN3O3S. The van der Waals surface area contributed by atoms with Gasteiger partial charge in [-0.25, -0.2) is 8.42 Å². The number of halogens is 1. The van der Waals surface area contributed by atoms with Crippen LogP contribution in [-0.4, -0.2) is 65.8 Å². The first-order chi connectivity index (χ1) is 12.3. The zero-order chi connectivity index (χ0) is 18.9. The van der Waals surface area contributed by atoms with E-state index < -0.39 is 9.84 Å². The van der Waals surface area contributed by atoms with E-state index in [0.717, 1.165) is 17.7 Å². The molecule has 2 aliphatic heterocycles. The fourth-order valence-corrected chi connectivity index (χ4v) is 5.80. The average Bonchev–Trinajstić information content (AvgIpc) is 2.90. The highest BCUT2D eigenvalue weighted by Crippen LogP contribution is 2.28. The lowest BCUT2D eigenvalue weighted by Crippen LogP contribution is -2.60. The summed E-state index contributed by atoms with van der Waals surface area (Å²) in [5.41, 5.74) is 3.05. The predicted octanol–water partition coefficient (Wildman–Crippen LogP) is 1.84. The molecule has 2 saturated heterocycles. The maximum atomic E-state index is 12.5. The highest BCUT2D eigenvalue weighted by molar-refractivity contribution is 7.91. The predicted molar refractivity (Wildman–Crippen MR) is 109 cm³/mol. The molecule has 2 aliphatic rings. The molecule has 0 unspecified atom stereocenters. The minimum atomic E-state index is -3.14. The largest absolute Gasteiger partial charge is 0.332 e. The molecule has 2 fully saturated rings. The number of fused-ring (bicyclic) bond motifs is 1. The van der Waals surface area contributed by atoms with Crippen LogP contribution in [0, 0.1) is 0 Å². The molecule has 150 valence electrons. The number of carbonyl (C=O) groups is 1. The van der Waals surface area contributed by atoms with Crippen LogP contribution in [0.2, 0.25) is 0 Å². The number of amides is 1. The van der Waals surface area contributed by atoms with Crippen molar-refractivity contribution in [3.63, 3.8) is 0 Å². The molecule has 0 N–H and O–H groups in total. The summed E-state index contributed by atoms with van der Waals surface area (Å²) in [5, 5.41) is 0. The Balaban J connectivity index is 0.00000261. The molecular weight excluding hydrogens is 386 g/mol. The molecule has 0 saturated carbocycles. The van der Waals surface area contributed by atoms with E-state index >= 15 is 0 Å². The van der Waals surface area contributed by atoms with Crippen LogP contribution in [0.15, 0.2) is 30.0 Å². The first-order valence-electron chi connectivity index (χ1n) is 9.13. The lowest BCUT2D eigenvalue weighted by Gasteiger charge is -2.43. The van der Waals surface area contributed by atoms with Gasteiger partial charge in [0.25, 0.3) is 0 Å². The lowest BCUT2D eigenvalue weighted by molar-refractivity contribution is -0.131. The molecule has 0 aromatic carbocycles. The van der Waals surface area contributed by atoms with Gasteiger partial charge >= 0.3 is 0 Å². The third-order valence-corrected chi connectivity index (χ3v) is 6.84. The topological polar surface area (TPSA) is 70.6 Å². The SMILES string of the molecule is CCc1ccc(CN2CCN(C(=O)C=C(C)C)[C@H]3CS(=O)(=O)C[C@H]32)nc1.Cl. The minimum Gasteiger partial charge on any atom is -0.332 e. The second-order valence-electron chi connectivity index (χ2n) is 7.45. The van der Waals surface area contributed by atoms with Crippen molar-refractivity contribution in [3.8, 4) is 0 Å². The maximum Gasteiger partial charge on any atom is 0.246 e.